The van der Waals surface area contributed by atoms with Crippen molar-refractivity contribution < 1.29 is 13.5 Å². The fraction of sp³-hybridized carbons (Fsp3) is 0.393. The van der Waals surface area contributed by atoms with Gasteiger partial charge in [-0.1, -0.05) is 24.3 Å². The Balaban J connectivity index is 1.30. The molecule has 0 radical (unpaired) electrons. The van der Waals surface area contributed by atoms with E-state index in [-0.39, 0.29) is 24.6 Å². The minimum Gasteiger partial charge on any atom is -0.487 e. The molecule has 5 heterocycles. The Morgan fingerprint density at radius 3 is 2.54 bits per heavy atom. The number of likely N-dealkylation sites (tertiary alicyclic amines) is 1. The van der Waals surface area contributed by atoms with E-state index in [1.54, 1.807) is 6.20 Å². The van der Waals surface area contributed by atoms with Crippen LogP contribution in [0.25, 0.3) is 33.1 Å². The molecule has 2 aliphatic heterocycles. The van der Waals surface area contributed by atoms with Crippen molar-refractivity contribution in [2.75, 3.05) is 26.2 Å². The summed E-state index contributed by atoms with van der Waals surface area (Å²) >= 11 is 0. The number of benzene rings is 1. The smallest absolute Gasteiger partial charge is 0.250 e. The number of fused-ring (bicyclic) bond motifs is 3. The molecule has 2 aliphatic rings. The summed E-state index contributed by atoms with van der Waals surface area (Å²) in [7, 11) is 0. The van der Waals surface area contributed by atoms with Gasteiger partial charge in [0.15, 0.2) is 11.4 Å². The maximum absolute atomic E-state index is 13.5. The number of H-pyrrole nitrogens is 1. The summed E-state index contributed by atoms with van der Waals surface area (Å²) in [5.41, 5.74) is 4.82. The molecule has 0 atom stereocenters. The minimum atomic E-state index is -2.53. The Bertz CT molecular complexity index is 1460. The molecule has 0 aliphatic carbocycles. The standard InChI is InChI=1S/C28H28F2N6O/c29-28(30)7-11-36(12-8-28)17-18-1-3-19(4-2-18)20-13-22-25-24(35-27(22)34-15-20)16-33-23(14-31)26(25)37-21-5-9-32-10-6-21/h1-4,13,15-16,21,32H,5-12,17H2,(H,34,35). The molecule has 3 aromatic heterocycles. The Morgan fingerprint density at radius 1 is 1.05 bits per heavy atom. The van der Waals surface area contributed by atoms with Gasteiger partial charge in [-0.2, -0.15) is 5.26 Å². The third-order valence-electron chi connectivity index (χ3n) is 7.40. The first kappa shape index (κ1) is 23.8. The minimum absolute atomic E-state index is 0.0283. The molecular formula is C28H28F2N6O. The number of pyridine rings is 2. The summed E-state index contributed by atoms with van der Waals surface area (Å²) in [6, 6.07) is 12.4. The van der Waals surface area contributed by atoms with Crippen LogP contribution in [0.5, 0.6) is 5.75 Å². The first-order valence-corrected chi connectivity index (χ1v) is 12.8. The fourth-order valence-electron chi connectivity index (χ4n) is 5.27. The Labute approximate surface area is 213 Å². The summed E-state index contributed by atoms with van der Waals surface area (Å²) in [6.45, 7) is 3.26. The molecule has 190 valence electrons. The second-order valence-electron chi connectivity index (χ2n) is 9.98. The first-order chi connectivity index (χ1) is 18.0. The van der Waals surface area contributed by atoms with Gasteiger partial charge in [-0.05, 0) is 43.1 Å². The lowest BCUT2D eigenvalue weighted by Gasteiger charge is -2.31. The molecule has 1 aromatic carbocycles. The summed E-state index contributed by atoms with van der Waals surface area (Å²) in [4.78, 5) is 14.4. The summed E-state index contributed by atoms with van der Waals surface area (Å²) < 4.78 is 33.3. The van der Waals surface area contributed by atoms with Crippen molar-refractivity contribution in [3.63, 3.8) is 0 Å². The predicted molar refractivity (Wildman–Crippen MR) is 138 cm³/mol. The molecule has 0 amide bonds. The van der Waals surface area contributed by atoms with E-state index in [1.807, 2.05) is 30.5 Å². The highest BCUT2D eigenvalue weighted by atomic mass is 19.3. The number of piperidine rings is 2. The van der Waals surface area contributed by atoms with Gasteiger partial charge in [0, 0.05) is 49.6 Å². The van der Waals surface area contributed by atoms with E-state index in [2.05, 4.69) is 37.3 Å². The highest BCUT2D eigenvalue weighted by Gasteiger charge is 2.33. The van der Waals surface area contributed by atoms with Gasteiger partial charge < -0.3 is 15.0 Å². The second kappa shape index (κ2) is 9.69. The largest absolute Gasteiger partial charge is 0.487 e. The maximum Gasteiger partial charge on any atom is 0.250 e. The van der Waals surface area contributed by atoms with E-state index in [0.29, 0.717) is 31.0 Å². The summed E-state index contributed by atoms with van der Waals surface area (Å²) in [5, 5.41) is 14.8. The van der Waals surface area contributed by atoms with E-state index < -0.39 is 5.92 Å². The Morgan fingerprint density at radius 2 is 1.81 bits per heavy atom. The van der Waals surface area contributed by atoms with Gasteiger partial charge >= 0.3 is 0 Å². The van der Waals surface area contributed by atoms with Crippen molar-refractivity contribution >= 4 is 21.9 Å². The van der Waals surface area contributed by atoms with Crippen LogP contribution < -0.4 is 10.1 Å². The van der Waals surface area contributed by atoms with Crippen molar-refractivity contribution in [1.29, 1.82) is 5.26 Å². The number of alkyl halides is 2. The second-order valence-corrected chi connectivity index (χ2v) is 9.98. The molecule has 0 saturated carbocycles. The number of aromatic amines is 1. The lowest BCUT2D eigenvalue weighted by molar-refractivity contribution is -0.0566. The zero-order chi connectivity index (χ0) is 25.4. The fourth-order valence-corrected chi connectivity index (χ4v) is 5.27. The van der Waals surface area contributed by atoms with Crippen molar-refractivity contribution in [2.45, 2.75) is 44.3 Å². The maximum atomic E-state index is 13.5. The number of rotatable bonds is 5. The quantitative estimate of drug-likeness (QED) is 0.399. The third kappa shape index (κ3) is 4.87. The van der Waals surface area contributed by atoms with Crippen LogP contribution in [0.4, 0.5) is 8.78 Å². The number of aromatic nitrogens is 3. The van der Waals surface area contributed by atoms with Crippen molar-refractivity contribution in [2.24, 2.45) is 0 Å². The molecule has 2 N–H and O–H groups in total. The molecule has 0 bridgehead atoms. The number of ether oxygens (including phenoxy) is 1. The molecule has 37 heavy (non-hydrogen) atoms. The SMILES string of the molecule is N#Cc1ncc2[nH]c3ncc(-c4ccc(CN5CCC(F)(F)CC5)cc4)cc3c2c1OC1CCNCC1. The molecule has 9 heteroatoms. The highest BCUT2D eigenvalue weighted by Crippen LogP contribution is 2.37. The van der Waals surface area contributed by atoms with Crippen molar-refractivity contribution in [3.05, 3.63) is 54.0 Å². The summed E-state index contributed by atoms with van der Waals surface area (Å²) in [5.74, 6) is -2.02. The average molecular weight is 503 g/mol. The van der Waals surface area contributed by atoms with Crippen LogP contribution in [0, 0.1) is 11.3 Å². The van der Waals surface area contributed by atoms with E-state index in [1.165, 1.54) is 0 Å². The van der Waals surface area contributed by atoms with Gasteiger partial charge in [-0.25, -0.2) is 18.7 Å². The zero-order valence-electron chi connectivity index (χ0n) is 20.4. The van der Waals surface area contributed by atoms with Crippen molar-refractivity contribution in [1.82, 2.24) is 25.2 Å². The third-order valence-corrected chi connectivity index (χ3v) is 7.40. The van der Waals surface area contributed by atoms with Crippen LogP contribution in [0.1, 0.15) is 36.9 Å². The highest BCUT2D eigenvalue weighted by molar-refractivity contribution is 6.10. The van der Waals surface area contributed by atoms with Crippen molar-refractivity contribution in [3.8, 4) is 22.9 Å². The topological polar surface area (TPSA) is 89.9 Å². The van der Waals surface area contributed by atoms with Gasteiger partial charge in [-0.3, -0.25) is 4.90 Å². The van der Waals surface area contributed by atoms with Gasteiger partial charge in [-0.15, -0.1) is 0 Å². The lowest BCUT2D eigenvalue weighted by Crippen LogP contribution is -2.38. The molecular weight excluding hydrogens is 474 g/mol. The molecule has 4 aromatic rings. The van der Waals surface area contributed by atoms with Crippen LogP contribution in [0.15, 0.2) is 42.7 Å². The Hall–Kier alpha value is -3.61. The number of nitrogens with one attached hydrogen (secondary N) is 2. The number of nitrogens with zero attached hydrogens (tertiary/aromatic N) is 4. The zero-order valence-corrected chi connectivity index (χ0v) is 20.4. The molecule has 7 nitrogen and oxygen atoms in total. The number of nitriles is 1. The summed E-state index contributed by atoms with van der Waals surface area (Å²) in [6.07, 6.45) is 5.11. The predicted octanol–water partition coefficient (Wildman–Crippen LogP) is 5.01. The molecule has 0 spiro atoms. The van der Waals surface area contributed by atoms with Gasteiger partial charge in [0.25, 0.3) is 5.92 Å². The van der Waals surface area contributed by atoms with Crippen LogP contribution in [-0.4, -0.2) is 58.1 Å². The van der Waals surface area contributed by atoms with Gasteiger partial charge in [0.05, 0.1) is 17.1 Å². The van der Waals surface area contributed by atoms with Gasteiger partial charge in [0.1, 0.15) is 17.8 Å². The number of hydrogen-bond acceptors (Lipinski definition) is 6. The van der Waals surface area contributed by atoms with E-state index in [4.69, 9.17) is 4.74 Å². The van der Waals surface area contributed by atoms with E-state index in [0.717, 1.165) is 58.9 Å². The molecule has 2 saturated heterocycles. The van der Waals surface area contributed by atoms with Crippen LogP contribution in [-0.2, 0) is 6.54 Å². The van der Waals surface area contributed by atoms with Crippen LogP contribution in [0.2, 0.25) is 0 Å². The van der Waals surface area contributed by atoms with E-state index in [9.17, 15) is 14.0 Å². The van der Waals surface area contributed by atoms with E-state index >= 15 is 0 Å². The monoisotopic (exact) mass is 502 g/mol. The average Bonchev–Trinajstić information content (AvgIpc) is 3.29. The molecule has 6 rings (SSSR count). The number of hydrogen-bond donors (Lipinski definition) is 2. The van der Waals surface area contributed by atoms with Gasteiger partial charge in [0.2, 0.25) is 0 Å². The first-order valence-electron chi connectivity index (χ1n) is 12.8. The molecule has 0 unspecified atom stereocenters. The van der Waals surface area contributed by atoms with Crippen LogP contribution >= 0.6 is 0 Å². The number of halogens is 2. The lowest BCUT2D eigenvalue weighted by atomic mass is 10.0. The Kier molecular flexibility index (Phi) is 6.22. The normalized spacial score (nSPS) is 18.7. The molecule has 2 fully saturated rings. The van der Waals surface area contributed by atoms with Crippen LogP contribution in [0.3, 0.4) is 0 Å².